The second-order valence-corrected chi connectivity index (χ2v) is 5.75. The summed E-state index contributed by atoms with van der Waals surface area (Å²) in [4.78, 5) is 0. The Balaban J connectivity index is 2.22. The van der Waals surface area contributed by atoms with Gasteiger partial charge < -0.3 is 14.7 Å². The molecule has 0 radical (unpaired) electrons. The van der Waals surface area contributed by atoms with Gasteiger partial charge in [0.05, 0.1) is 17.8 Å². The van der Waals surface area contributed by atoms with Crippen LogP contribution in [0.2, 0.25) is 5.02 Å². The van der Waals surface area contributed by atoms with Crippen molar-refractivity contribution >= 4 is 33.7 Å². The Morgan fingerprint density at radius 1 is 1.23 bits per heavy atom. The summed E-state index contributed by atoms with van der Waals surface area (Å²) in [6, 6.07) is 11.2. The molecular formula is C16H15BrClNO3. The van der Waals surface area contributed by atoms with Crippen LogP contribution >= 0.6 is 27.5 Å². The molecule has 0 bridgehead atoms. The third-order valence-corrected chi connectivity index (χ3v) is 3.64. The van der Waals surface area contributed by atoms with E-state index in [2.05, 4.69) is 21.1 Å². The quantitative estimate of drug-likeness (QED) is 0.438. The monoisotopic (exact) mass is 383 g/mol. The van der Waals surface area contributed by atoms with E-state index in [1.165, 1.54) is 6.21 Å². The van der Waals surface area contributed by atoms with Crippen LogP contribution in [0.3, 0.4) is 0 Å². The highest BCUT2D eigenvalue weighted by atomic mass is 79.9. The van der Waals surface area contributed by atoms with Gasteiger partial charge in [0.25, 0.3) is 0 Å². The molecule has 0 aliphatic heterocycles. The molecule has 2 aromatic rings. The zero-order valence-electron chi connectivity index (χ0n) is 11.9. The number of oxime groups is 1. The van der Waals surface area contributed by atoms with Crippen molar-refractivity contribution < 1.29 is 14.7 Å². The van der Waals surface area contributed by atoms with Crippen LogP contribution in [0.1, 0.15) is 18.1 Å². The number of hydrogen-bond acceptors (Lipinski definition) is 4. The molecule has 1 N–H and O–H groups in total. The lowest BCUT2D eigenvalue weighted by Crippen LogP contribution is -2.01. The maximum absolute atomic E-state index is 8.63. The fourth-order valence-electron chi connectivity index (χ4n) is 1.87. The zero-order valence-corrected chi connectivity index (χ0v) is 14.3. The average molecular weight is 385 g/mol. The van der Waals surface area contributed by atoms with Crippen molar-refractivity contribution in [3.63, 3.8) is 0 Å². The molecule has 0 aromatic heterocycles. The van der Waals surface area contributed by atoms with Crippen LogP contribution in [0.5, 0.6) is 11.5 Å². The smallest absolute Gasteiger partial charge is 0.180 e. The number of ether oxygens (including phenoxy) is 2. The van der Waals surface area contributed by atoms with Gasteiger partial charge in [-0.3, -0.25) is 0 Å². The van der Waals surface area contributed by atoms with Crippen molar-refractivity contribution in [1.29, 1.82) is 0 Å². The summed E-state index contributed by atoms with van der Waals surface area (Å²) in [6.45, 7) is 2.73. The fourth-order valence-corrected chi connectivity index (χ4v) is 2.41. The van der Waals surface area contributed by atoms with E-state index in [0.717, 1.165) is 10.0 Å². The van der Waals surface area contributed by atoms with Crippen molar-refractivity contribution in [3.8, 4) is 11.5 Å². The Labute approximate surface area is 142 Å². The largest absolute Gasteiger partial charge is 0.490 e. The molecule has 0 saturated heterocycles. The molecule has 2 aromatic carbocycles. The first-order chi connectivity index (χ1) is 10.6. The first kappa shape index (κ1) is 16.6. The molecule has 0 spiro atoms. The number of rotatable bonds is 6. The van der Waals surface area contributed by atoms with Gasteiger partial charge in [0, 0.05) is 10.0 Å². The van der Waals surface area contributed by atoms with Crippen LogP contribution in [0.25, 0.3) is 0 Å². The van der Waals surface area contributed by atoms with Crippen LogP contribution < -0.4 is 9.47 Å². The maximum Gasteiger partial charge on any atom is 0.180 e. The third-order valence-electron chi connectivity index (χ3n) is 2.83. The average Bonchev–Trinajstić information content (AvgIpc) is 2.49. The summed E-state index contributed by atoms with van der Waals surface area (Å²) < 4.78 is 12.4. The van der Waals surface area contributed by atoms with E-state index in [-0.39, 0.29) is 0 Å². The van der Waals surface area contributed by atoms with E-state index in [0.29, 0.717) is 35.3 Å². The minimum Gasteiger partial charge on any atom is -0.490 e. The van der Waals surface area contributed by atoms with Gasteiger partial charge in [-0.05, 0) is 36.8 Å². The number of benzene rings is 2. The van der Waals surface area contributed by atoms with Crippen molar-refractivity contribution in [3.05, 3.63) is 57.0 Å². The molecular weight excluding hydrogens is 370 g/mol. The molecule has 0 heterocycles. The van der Waals surface area contributed by atoms with E-state index in [1.54, 1.807) is 12.1 Å². The Morgan fingerprint density at radius 2 is 1.95 bits per heavy atom. The van der Waals surface area contributed by atoms with Crippen molar-refractivity contribution in [2.45, 2.75) is 13.5 Å². The molecule has 22 heavy (non-hydrogen) atoms. The van der Waals surface area contributed by atoms with Crippen LogP contribution in [-0.4, -0.2) is 18.0 Å². The van der Waals surface area contributed by atoms with Gasteiger partial charge in [0.2, 0.25) is 0 Å². The van der Waals surface area contributed by atoms with Gasteiger partial charge >= 0.3 is 0 Å². The van der Waals surface area contributed by atoms with E-state index in [9.17, 15) is 0 Å². The highest BCUT2D eigenvalue weighted by molar-refractivity contribution is 9.10. The van der Waals surface area contributed by atoms with Gasteiger partial charge in [-0.25, -0.2) is 0 Å². The maximum atomic E-state index is 8.63. The van der Waals surface area contributed by atoms with Gasteiger partial charge in [0.15, 0.2) is 11.5 Å². The second-order valence-electron chi connectivity index (χ2n) is 4.42. The Bertz CT molecular complexity index is 659. The highest BCUT2D eigenvalue weighted by Crippen LogP contribution is 2.37. The fraction of sp³-hybridized carbons (Fsp3) is 0.188. The summed E-state index contributed by atoms with van der Waals surface area (Å²) in [7, 11) is 0. The molecule has 0 aliphatic rings. The molecule has 2 rings (SSSR count). The normalized spacial score (nSPS) is 10.9. The van der Waals surface area contributed by atoms with Crippen molar-refractivity contribution in [2.75, 3.05) is 6.61 Å². The molecule has 0 aliphatic carbocycles. The molecule has 0 fully saturated rings. The number of nitrogens with zero attached hydrogens (tertiary/aromatic N) is 1. The lowest BCUT2D eigenvalue weighted by atomic mass is 10.2. The van der Waals surface area contributed by atoms with E-state index < -0.39 is 0 Å². The van der Waals surface area contributed by atoms with Crippen molar-refractivity contribution in [2.24, 2.45) is 5.16 Å². The minimum atomic E-state index is 0.376. The van der Waals surface area contributed by atoms with Crippen LogP contribution in [0.4, 0.5) is 0 Å². The van der Waals surface area contributed by atoms with E-state index in [4.69, 9.17) is 26.3 Å². The molecule has 0 saturated carbocycles. The van der Waals surface area contributed by atoms with Gasteiger partial charge in [-0.15, -0.1) is 0 Å². The molecule has 0 unspecified atom stereocenters. The molecule has 0 atom stereocenters. The first-order valence-corrected chi connectivity index (χ1v) is 7.82. The molecule has 116 valence electrons. The summed E-state index contributed by atoms with van der Waals surface area (Å²) in [5.74, 6) is 0.989. The highest BCUT2D eigenvalue weighted by Gasteiger charge is 2.12. The SMILES string of the molecule is CCOc1cc(/C=N/O)cc(Cl)c1OCc1ccc(Br)cc1. The second kappa shape index (κ2) is 8.06. The lowest BCUT2D eigenvalue weighted by molar-refractivity contribution is 0.269. The predicted octanol–water partition coefficient (Wildman–Crippen LogP) is 4.89. The number of hydrogen-bond donors (Lipinski definition) is 1. The molecule has 6 heteroatoms. The number of halogens is 2. The Hall–Kier alpha value is -1.72. The van der Waals surface area contributed by atoms with Crippen LogP contribution in [0, 0.1) is 0 Å². The van der Waals surface area contributed by atoms with Gasteiger partial charge in [-0.2, -0.15) is 0 Å². The Morgan fingerprint density at radius 3 is 2.59 bits per heavy atom. The van der Waals surface area contributed by atoms with Crippen molar-refractivity contribution in [1.82, 2.24) is 0 Å². The predicted molar refractivity (Wildman–Crippen MR) is 90.5 cm³/mol. The third kappa shape index (κ3) is 4.39. The summed E-state index contributed by atoms with van der Waals surface area (Å²) in [5, 5.41) is 12.0. The zero-order chi connectivity index (χ0) is 15.9. The summed E-state index contributed by atoms with van der Waals surface area (Å²) in [5.41, 5.74) is 1.65. The summed E-state index contributed by atoms with van der Waals surface area (Å²) >= 11 is 9.63. The molecule has 0 amide bonds. The van der Waals surface area contributed by atoms with E-state index in [1.807, 2.05) is 31.2 Å². The van der Waals surface area contributed by atoms with Crippen LogP contribution in [0.15, 0.2) is 46.0 Å². The standard InChI is InChI=1S/C16H15BrClNO3/c1-2-21-15-8-12(9-19-20)7-14(18)16(15)22-10-11-3-5-13(17)6-4-11/h3-9,20H,2,10H2,1H3/b19-9+. The Kier molecular flexibility index (Phi) is 6.10. The molecule has 4 nitrogen and oxygen atoms in total. The first-order valence-electron chi connectivity index (χ1n) is 6.65. The topological polar surface area (TPSA) is 51.0 Å². The van der Waals surface area contributed by atoms with Gasteiger partial charge in [0.1, 0.15) is 6.61 Å². The van der Waals surface area contributed by atoms with E-state index >= 15 is 0 Å². The van der Waals surface area contributed by atoms with Gasteiger partial charge in [-0.1, -0.05) is 44.8 Å². The summed E-state index contributed by atoms with van der Waals surface area (Å²) in [6.07, 6.45) is 1.28. The van der Waals surface area contributed by atoms with Crippen LogP contribution in [-0.2, 0) is 6.61 Å². The lowest BCUT2D eigenvalue weighted by Gasteiger charge is -2.14. The minimum absolute atomic E-state index is 0.376.